The molecule has 0 spiro atoms. The summed E-state index contributed by atoms with van der Waals surface area (Å²) in [5.74, 6) is 0.0589. The molecule has 0 radical (unpaired) electrons. The molecule has 0 unspecified atom stereocenters. The molecule has 0 bridgehead atoms. The molecular weight excluding hydrogens is 290 g/mol. The van der Waals surface area contributed by atoms with E-state index < -0.39 is 0 Å². The van der Waals surface area contributed by atoms with Gasteiger partial charge in [-0.2, -0.15) is 0 Å². The topological polar surface area (TPSA) is 84.7 Å². The molecule has 21 heavy (non-hydrogen) atoms. The second kappa shape index (κ2) is 8.21. The second-order valence-corrected chi connectivity index (χ2v) is 4.82. The largest absolute Gasteiger partial charge is 0.484 e. The smallest absolute Gasteiger partial charge is 0.260 e. The number of carbonyl (C=O) groups is 2. The predicted molar refractivity (Wildman–Crippen MR) is 84.1 cm³/mol. The van der Waals surface area contributed by atoms with Gasteiger partial charge in [-0.25, -0.2) is 0 Å². The number of likely N-dealkylation sites (N-methyl/N-ethyl adjacent to an activating group) is 2. The van der Waals surface area contributed by atoms with E-state index in [1.807, 2.05) is 6.92 Å². The summed E-state index contributed by atoms with van der Waals surface area (Å²) >= 11 is 4.85. The van der Waals surface area contributed by atoms with Gasteiger partial charge in [0, 0.05) is 19.2 Å². The minimum atomic E-state index is -0.278. The fourth-order valence-corrected chi connectivity index (χ4v) is 1.66. The van der Waals surface area contributed by atoms with E-state index in [0.717, 1.165) is 5.56 Å². The van der Waals surface area contributed by atoms with Crippen molar-refractivity contribution in [3.05, 3.63) is 29.8 Å². The Kier molecular flexibility index (Phi) is 6.61. The van der Waals surface area contributed by atoms with Crippen LogP contribution in [0.5, 0.6) is 5.75 Å². The zero-order valence-corrected chi connectivity index (χ0v) is 12.9. The summed E-state index contributed by atoms with van der Waals surface area (Å²) in [6.07, 6.45) is 0. The number of nitrogens with zero attached hydrogens (tertiary/aromatic N) is 1. The molecule has 0 saturated heterocycles. The van der Waals surface area contributed by atoms with Gasteiger partial charge in [-0.05, 0) is 31.2 Å². The summed E-state index contributed by atoms with van der Waals surface area (Å²) in [6, 6.07) is 6.82. The Morgan fingerprint density at radius 2 is 1.95 bits per heavy atom. The van der Waals surface area contributed by atoms with Gasteiger partial charge in [0.05, 0.1) is 6.54 Å². The van der Waals surface area contributed by atoms with Crippen molar-refractivity contribution in [2.24, 2.45) is 5.73 Å². The van der Waals surface area contributed by atoms with Crippen LogP contribution < -0.4 is 15.8 Å². The molecule has 114 valence electrons. The highest BCUT2D eigenvalue weighted by atomic mass is 32.1. The Balaban J connectivity index is 2.45. The van der Waals surface area contributed by atoms with E-state index in [0.29, 0.717) is 17.3 Å². The summed E-state index contributed by atoms with van der Waals surface area (Å²) in [5.41, 5.74) is 6.22. The van der Waals surface area contributed by atoms with Crippen molar-refractivity contribution in [1.82, 2.24) is 10.2 Å². The summed E-state index contributed by atoms with van der Waals surface area (Å²) < 4.78 is 5.36. The third kappa shape index (κ3) is 5.78. The van der Waals surface area contributed by atoms with Crippen LogP contribution in [0.1, 0.15) is 12.5 Å². The van der Waals surface area contributed by atoms with E-state index in [2.05, 4.69) is 5.32 Å². The average Bonchev–Trinajstić information content (AvgIpc) is 2.45. The van der Waals surface area contributed by atoms with Gasteiger partial charge in [-0.15, -0.1) is 0 Å². The molecule has 0 aliphatic rings. The van der Waals surface area contributed by atoms with E-state index in [1.54, 1.807) is 31.3 Å². The first-order valence-corrected chi connectivity index (χ1v) is 6.88. The Hall–Kier alpha value is -2.15. The van der Waals surface area contributed by atoms with Crippen molar-refractivity contribution in [2.75, 3.05) is 26.7 Å². The van der Waals surface area contributed by atoms with Gasteiger partial charge in [0.1, 0.15) is 10.7 Å². The fraction of sp³-hybridized carbons (Fsp3) is 0.357. The lowest BCUT2D eigenvalue weighted by Gasteiger charge is -2.16. The van der Waals surface area contributed by atoms with Crippen molar-refractivity contribution in [2.45, 2.75) is 6.92 Å². The van der Waals surface area contributed by atoms with Crippen LogP contribution in [-0.4, -0.2) is 48.4 Å². The number of ether oxygens (including phenoxy) is 1. The van der Waals surface area contributed by atoms with Crippen LogP contribution in [0.25, 0.3) is 0 Å². The normalized spacial score (nSPS) is 9.81. The molecule has 0 fully saturated rings. The zero-order valence-electron chi connectivity index (χ0n) is 12.1. The van der Waals surface area contributed by atoms with Crippen LogP contribution in [0.2, 0.25) is 0 Å². The third-order valence-corrected chi connectivity index (χ3v) is 2.92. The quantitative estimate of drug-likeness (QED) is 0.707. The SMILES string of the molecule is CCNC(=O)CN(C)C(=O)COc1ccc(C(N)=S)cc1. The highest BCUT2D eigenvalue weighted by Crippen LogP contribution is 2.12. The molecule has 1 rings (SSSR count). The monoisotopic (exact) mass is 309 g/mol. The number of hydrogen-bond acceptors (Lipinski definition) is 4. The van der Waals surface area contributed by atoms with Gasteiger partial charge in [-0.3, -0.25) is 9.59 Å². The first kappa shape index (κ1) is 16.9. The molecule has 0 aromatic heterocycles. The summed E-state index contributed by atoms with van der Waals surface area (Å²) in [5, 5.41) is 2.62. The Morgan fingerprint density at radius 3 is 2.48 bits per heavy atom. The van der Waals surface area contributed by atoms with E-state index >= 15 is 0 Å². The zero-order chi connectivity index (χ0) is 15.8. The molecule has 3 N–H and O–H groups in total. The number of carbonyl (C=O) groups excluding carboxylic acids is 2. The van der Waals surface area contributed by atoms with Crippen LogP contribution in [0.4, 0.5) is 0 Å². The second-order valence-electron chi connectivity index (χ2n) is 4.38. The summed E-state index contributed by atoms with van der Waals surface area (Å²) in [6.45, 7) is 2.23. The van der Waals surface area contributed by atoms with Crippen LogP contribution >= 0.6 is 12.2 Å². The molecule has 7 heteroatoms. The number of rotatable bonds is 7. The van der Waals surface area contributed by atoms with Crippen molar-refractivity contribution in [1.29, 1.82) is 0 Å². The number of nitrogens with two attached hydrogens (primary N) is 1. The summed E-state index contributed by atoms with van der Waals surface area (Å²) in [7, 11) is 1.55. The maximum absolute atomic E-state index is 11.8. The first-order chi connectivity index (χ1) is 9.93. The Morgan fingerprint density at radius 1 is 1.33 bits per heavy atom. The van der Waals surface area contributed by atoms with E-state index in [4.69, 9.17) is 22.7 Å². The third-order valence-electron chi connectivity index (χ3n) is 2.68. The molecule has 6 nitrogen and oxygen atoms in total. The maximum atomic E-state index is 11.8. The van der Waals surface area contributed by atoms with Crippen LogP contribution in [-0.2, 0) is 9.59 Å². The van der Waals surface area contributed by atoms with Crippen molar-refractivity contribution in [3.63, 3.8) is 0 Å². The van der Waals surface area contributed by atoms with Gasteiger partial charge >= 0.3 is 0 Å². The number of benzene rings is 1. The lowest BCUT2D eigenvalue weighted by atomic mass is 10.2. The van der Waals surface area contributed by atoms with Crippen molar-refractivity contribution < 1.29 is 14.3 Å². The minimum Gasteiger partial charge on any atom is -0.484 e. The van der Waals surface area contributed by atoms with Gasteiger partial charge in [-0.1, -0.05) is 12.2 Å². The van der Waals surface area contributed by atoms with Crippen LogP contribution in [0.15, 0.2) is 24.3 Å². The van der Waals surface area contributed by atoms with Crippen molar-refractivity contribution >= 4 is 29.0 Å². The molecule has 2 amide bonds. The van der Waals surface area contributed by atoms with E-state index in [-0.39, 0.29) is 25.0 Å². The molecular formula is C14H19N3O3S. The molecule has 1 aromatic rings. The number of thiocarbonyl (C=S) groups is 1. The van der Waals surface area contributed by atoms with E-state index in [9.17, 15) is 9.59 Å². The molecule has 1 aromatic carbocycles. The standard InChI is InChI=1S/C14H19N3O3S/c1-3-16-12(18)8-17(2)13(19)9-20-11-6-4-10(5-7-11)14(15)21/h4-7H,3,8-9H2,1-2H3,(H2,15,21)(H,16,18). The highest BCUT2D eigenvalue weighted by Gasteiger charge is 2.13. The number of nitrogens with one attached hydrogen (secondary N) is 1. The molecule has 0 aliphatic carbocycles. The lowest BCUT2D eigenvalue weighted by Crippen LogP contribution is -2.40. The van der Waals surface area contributed by atoms with Gasteiger partial charge in [0.15, 0.2) is 6.61 Å². The van der Waals surface area contributed by atoms with E-state index in [1.165, 1.54) is 4.90 Å². The lowest BCUT2D eigenvalue weighted by molar-refractivity contribution is -0.136. The number of hydrogen-bond donors (Lipinski definition) is 2. The van der Waals surface area contributed by atoms with Gasteiger partial charge in [0.2, 0.25) is 5.91 Å². The maximum Gasteiger partial charge on any atom is 0.260 e. The predicted octanol–water partition coefficient (Wildman–Crippen LogP) is 0.294. The Labute approximate surface area is 129 Å². The minimum absolute atomic E-state index is 0.0103. The fourth-order valence-electron chi connectivity index (χ4n) is 1.53. The molecule has 0 aliphatic heterocycles. The van der Waals surface area contributed by atoms with Gasteiger partial charge in [0.25, 0.3) is 5.91 Å². The summed E-state index contributed by atoms with van der Waals surface area (Å²) in [4.78, 5) is 24.8. The van der Waals surface area contributed by atoms with Gasteiger partial charge < -0.3 is 20.7 Å². The Bertz CT molecular complexity index is 517. The highest BCUT2D eigenvalue weighted by molar-refractivity contribution is 7.80. The van der Waals surface area contributed by atoms with Crippen LogP contribution in [0.3, 0.4) is 0 Å². The molecule has 0 saturated carbocycles. The van der Waals surface area contributed by atoms with Crippen molar-refractivity contribution in [3.8, 4) is 5.75 Å². The molecule has 0 heterocycles. The molecule has 0 atom stereocenters. The number of amides is 2. The first-order valence-electron chi connectivity index (χ1n) is 6.47. The van der Waals surface area contributed by atoms with Crippen LogP contribution in [0, 0.1) is 0 Å². The average molecular weight is 309 g/mol.